The Hall–Kier alpha value is -1.75. The maximum absolute atomic E-state index is 11.4. The minimum atomic E-state index is 0.203. The molecule has 0 saturated heterocycles. The molecular weight excluding hydrogens is 186 g/mol. The van der Waals surface area contributed by atoms with Crippen LogP contribution in [0, 0.1) is 12.3 Å². The fraction of sp³-hybridized carbons (Fsp3) is 0.308. The Morgan fingerprint density at radius 3 is 2.73 bits per heavy atom. The largest absolute Gasteiger partial charge is 0.378 e. The Bertz CT molecular complexity index is 337. The predicted molar refractivity (Wildman–Crippen MR) is 62.6 cm³/mol. The first-order valence-electron chi connectivity index (χ1n) is 5.07. The van der Waals surface area contributed by atoms with E-state index in [2.05, 4.69) is 11.2 Å². The molecule has 0 aromatic heterocycles. The standard InChI is InChI=1S/C13H15NO/c1-2-3-5-10-13(15)11-14-12-8-6-4-7-9-12/h1,4,6-9,14H,3,5,10-11H2. The molecule has 0 bridgehead atoms. The minimum absolute atomic E-state index is 0.203. The van der Waals surface area contributed by atoms with Crippen molar-refractivity contribution in [3.05, 3.63) is 30.3 Å². The molecule has 0 aliphatic heterocycles. The van der Waals surface area contributed by atoms with Crippen LogP contribution >= 0.6 is 0 Å². The van der Waals surface area contributed by atoms with Crippen LogP contribution in [-0.2, 0) is 4.79 Å². The second-order valence-corrected chi connectivity index (χ2v) is 3.32. The Morgan fingerprint density at radius 1 is 1.33 bits per heavy atom. The van der Waals surface area contributed by atoms with Crippen LogP contribution in [0.25, 0.3) is 0 Å². The highest BCUT2D eigenvalue weighted by Crippen LogP contribution is 2.04. The van der Waals surface area contributed by atoms with Crippen LogP contribution in [0.1, 0.15) is 19.3 Å². The molecular formula is C13H15NO. The Morgan fingerprint density at radius 2 is 2.07 bits per heavy atom. The lowest BCUT2D eigenvalue weighted by molar-refractivity contribution is -0.117. The van der Waals surface area contributed by atoms with Crippen LogP contribution in [0.3, 0.4) is 0 Å². The number of ketones is 1. The number of rotatable bonds is 6. The van der Waals surface area contributed by atoms with Crippen LogP contribution in [-0.4, -0.2) is 12.3 Å². The van der Waals surface area contributed by atoms with E-state index in [1.165, 1.54) is 0 Å². The van der Waals surface area contributed by atoms with E-state index >= 15 is 0 Å². The minimum Gasteiger partial charge on any atom is -0.378 e. The van der Waals surface area contributed by atoms with Crippen molar-refractivity contribution in [1.29, 1.82) is 0 Å². The lowest BCUT2D eigenvalue weighted by atomic mass is 10.2. The molecule has 2 nitrogen and oxygen atoms in total. The van der Waals surface area contributed by atoms with Gasteiger partial charge in [-0.25, -0.2) is 0 Å². The molecule has 0 spiro atoms. The Balaban J connectivity index is 2.20. The fourth-order valence-electron chi connectivity index (χ4n) is 1.23. The number of hydrogen-bond donors (Lipinski definition) is 1. The van der Waals surface area contributed by atoms with Gasteiger partial charge in [0.1, 0.15) is 0 Å². The summed E-state index contributed by atoms with van der Waals surface area (Å²) in [6.07, 6.45) is 7.12. The number of terminal acetylenes is 1. The van der Waals surface area contributed by atoms with Crippen LogP contribution in [0.4, 0.5) is 5.69 Å². The zero-order valence-electron chi connectivity index (χ0n) is 8.70. The molecule has 0 amide bonds. The van der Waals surface area contributed by atoms with Gasteiger partial charge < -0.3 is 5.32 Å². The topological polar surface area (TPSA) is 29.1 Å². The summed E-state index contributed by atoms with van der Waals surface area (Å²) in [5.41, 5.74) is 0.975. The maximum atomic E-state index is 11.4. The van der Waals surface area contributed by atoms with Crippen molar-refractivity contribution in [1.82, 2.24) is 0 Å². The van der Waals surface area contributed by atoms with Gasteiger partial charge in [-0.3, -0.25) is 4.79 Å². The van der Waals surface area contributed by atoms with Crippen molar-refractivity contribution in [2.45, 2.75) is 19.3 Å². The van der Waals surface area contributed by atoms with Gasteiger partial charge in [0.25, 0.3) is 0 Å². The lowest BCUT2D eigenvalue weighted by Gasteiger charge is -2.04. The number of para-hydroxylation sites is 1. The molecule has 0 saturated carbocycles. The molecule has 1 rings (SSSR count). The molecule has 1 N–H and O–H groups in total. The quantitative estimate of drug-likeness (QED) is 0.566. The highest BCUT2D eigenvalue weighted by Gasteiger charge is 2.00. The van der Waals surface area contributed by atoms with E-state index in [1.807, 2.05) is 30.3 Å². The van der Waals surface area contributed by atoms with Crippen molar-refractivity contribution in [2.24, 2.45) is 0 Å². The number of Topliss-reactive ketones (excluding diaryl/α,β-unsaturated/α-hetero) is 1. The van der Waals surface area contributed by atoms with Crippen molar-refractivity contribution < 1.29 is 4.79 Å². The first-order valence-corrected chi connectivity index (χ1v) is 5.07. The first-order chi connectivity index (χ1) is 7.33. The summed E-state index contributed by atoms with van der Waals surface area (Å²) in [5, 5.41) is 3.07. The van der Waals surface area contributed by atoms with Gasteiger partial charge in [-0.1, -0.05) is 18.2 Å². The summed E-state index contributed by atoms with van der Waals surface area (Å²) in [7, 11) is 0. The summed E-state index contributed by atoms with van der Waals surface area (Å²) < 4.78 is 0. The van der Waals surface area contributed by atoms with Gasteiger partial charge in [-0.2, -0.15) is 0 Å². The fourth-order valence-corrected chi connectivity index (χ4v) is 1.23. The third kappa shape index (κ3) is 4.87. The average molecular weight is 201 g/mol. The zero-order valence-corrected chi connectivity index (χ0v) is 8.70. The normalized spacial score (nSPS) is 9.27. The molecule has 0 unspecified atom stereocenters. The van der Waals surface area contributed by atoms with E-state index in [-0.39, 0.29) is 5.78 Å². The van der Waals surface area contributed by atoms with Crippen molar-refractivity contribution in [2.75, 3.05) is 11.9 Å². The number of hydrogen-bond acceptors (Lipinski definition) is 2. The van der Waals surface area contributed by atoms with Crippen LogP contribution in [0.2, 0.25) is 0 Å². The van der Waals surface area contributed by atoms with Crippen LogP contribution in [0.15, 0.2) is 30.3 Å². The number of nitrogens with one attached hydrogen (secondary N) is 1. The second kappa shape index (κ2) is 6.67. The molecule has 0 aliphatic rings. The van der Waals surface area contributed by atoms with E-state index < -0.39 is 0 Å². The third-order valence-corrected chi connectivity index (χ3v) is 2.04. The van der Waals surface area contributed by atoms with Gasteiger partial charge >= 0.3 is 0 Å². The van der Waals surface area contributed by atoms with Crippen LogP contribution < -0.4 is 5.32 Å². The molecule has 0 radical (unpaired) electrons. The van der Waals surface area contributed by atoms with E-state index in [0.717, 1.165) is 12.1 Å². The maximum Gasteiger partial charge on any atom is 0.151 e. The number of carbonyl (C=O) groups excluding carboxylic acids is 1. The number of benzene rings is 1. The molecule has 0 aliphatic carbocycles. The number of anilines is 1. The monoisotopic (exact) mass is 201 g/mol. The molecule has 0 fully saturated rings. The van der Waals surface area contributed by atoms with E-state index in [0.29, 0.717) is 19.4 Å². The molecule has 2 heteroatoms. The smallest absolute Gasteiger partial charge is 0.151 e. The third-order valence-electron chi connectivity index (χ3n) is 2.04. The molecule has 78 valence electrons. The SMILES string of the molecule is C#CCCCC(=O)CNc1ccccc1. The first kappa shape index (κ1) is 11.3. The summed E-state index contributed by atoms with van der Waals surface area (Å²) in [5.74, 6) is 2.73. The Labute approximate surface area is 90.7 Å². The predicted octanol–water partition coefficient (Wildman–Crippen LogP) is 2.47. The molecule has 15 heavy (non-hydrogen) atoms. The van der Waals surface area contributed by atoms with E-state index in [9.17, 15) is 4.79 Å². The highest BCUT2D eigenvalue weighted by atomic mass is 16.1. The van der Waals surface area contributed by atoms with Crippen molar-refractivity contribution in [3.8, 4) is 12.3 Å². The van der Waals surface area contributed by atoms with E-state index in [4.69, 9.17) is 6.42 Å². The zero-order chi connectivity index (χ0) is 10.9. The molecule has 0 atom stereocenters. The second-order valence-electron chi connectivity index (χ2n) is 3.32. The lowest BCUT2D eigenvalue weighted by Crippen LogP contribution is -2.13. The summed E-state index contributed by atoms with van der Waals surface area (Å²) in [6, 6.07) is 9.69. The molecule has 1 aromatic carbocycles. The van der Waals surface area contributed by atoms with Crippen molar-refractivity contribution in [3.63, 3.8) is 0 Å². The van der Waals surface area contributed by atoms with Crippen LogP contribution in [0.5, 0.6) is 0 Å². The van der Waals surface area contributed by atoms with Gasteiger partial charge in [-0.05, 0) is 18.6 Å². The average Bonchev–Trinajstić information content (AvgIpc) is 2.28. The molecule has 1 aromatic rings. The van der Waals surface area contributed by atoms with Gasteiger partial charge in [0.2, 0.25) is 0 Å². The van der Waals surface area contributed by atoms with Gasteiger partial charge in [0.05, 0.1) is 6.54 Å². The van der Waals surface area contributed by atoms with Gasteiger partial charge in [-0.15, -0.1) is 12.3 Å². The van der Waals surface area contributed by atoms with E-state index in [1.54, 1.807) is 0 Å². The summed E-state index contributed by atoms with van der Waals surface area (Å²) >= 11 is 0. The summed E-state index contributed by atoms with van der Waals surface area (Å²) in [6.45, 7) is 0.384. The number of carbonyl (C=O) groups is 1. The number of unbranched alkanes of at least 4 members (excludes halogenated alkanes) is 1. The summed E-state index contributed by atoms with van der Waals surface area (Å²) in [4.78, 5) is 11.4. The Kier molecular flexibility index (Phi) is 5.03. The van der Waals surface area contributed by atoms with Gasteiger partial charge in [0.15, 0.2) is 5.78 Å². The van der Waals surface area contributed by atoms with Crippen molar-refractivity contribution >= 4 is 11.5 Å². The van der Waals surface area contributed by atoms with Gasteiger partial charge in [0, 0.05) is 18.5 Å². The highest BCUT2D eigenvalue weighted by molar-refractivity contribution is 5.82. The molecule has 0 heterocycles.